The van der Waals surface area contributed by atoms with Crippen LogP contribution in [-0.4, -0.2) is 24.7 Å². The van der Waals surface area contributed by atoms with Crippen molar-refractivity contribution in [2.75, 3.05) is 6.54 Å². The molecule has 0 amide bonds. The third kappa shape index (κ3) is 2.83. The highest BCUT2D eigenvalue weighted by Gasteiger charge is 2.23. The summed E-state index contributed by atoms with van der Waals surface area (Å²) in [6.07, 6.45) is 1.56. The van der Waals surface area contributed by atoms with Gasteiger partial charge in [0.05, 0.1) is 16.8 Å². The van der Waals surface area contributed by atoms with Gasteiger partial charge in [-0.15, -0.1) is 11.3 Å². The minimum absolute atomic E-state index is 0.195. The molecule has 7 heteroatoms. The van der Waals surface area contributed by atoms with Crippen molar-refractivity contribution >= 4 is 21.4 Å². The Morgan fingerprint density at radius 3 is 2.59 bits per heavy atom. The Bertz CT molecular complexity index is 854. The summed E-state index contributed by atoms with van der Waals surface area (Å²) < 4.78 is 29.0. The highest BCUT2D eigenvalue weighted by atomic mass is 32.2. The van der Waals surface area contributed by atoms with Crippen molar-refractivity contribution < 1.29 is 8.42 Å². The number of hydrogen-bond donors (Lipinski definition) is 1. The van der Waals surface area contributed by atoms with Crippen LogP contribution < -0.4 is 4.72 Å². The van der Waals surface area contributed by atoms with Gasteiger partial charge in [0.25, 0.3) is 0 Å². The SMILES string of the molecule is CCNS(=O)(=O)c1cn(-c2ccccc2)nc1-c1cccs1. The third-order valence-corrected chi connectivity index (χ3v) is 5.50. The molecule has 0 saturated carbocycles. The summed E-state index contributed by atoms with van der Waals surface area (Å²) in [5.41, 5.74) is 1.29. The smallest absolute Gasteiger partial charge is 0.239 e. The van der Waals surface area contributed by atoms with Gasteiger partial charge in [-0.2, -0.15) is 5.10 Å². The van der Waals surface area contributed by atoms with Gasteiger partial charge in [-0.05, 0) is 23.6 Å². The molecule has 0 saturated heterocycles. The molecule has 1 N–H and O–H groups in total. The number of hydrogen-bond acceptors (Lipinski definition) is 4. The van der Waals surface area contributed by atoms with Crippen LogP contribution >= 0.6 is 11.3 Å². The van der Waals surface area contributed by atoms with Crippen LogP contribution in [0.2, 0.25) is 0 Å². The highest BCUT2D eigenvalue weighted by molar-refractivity contribution is 7.89. The van der Waals surface area contributed by atoms with Crippen molar-refractivity contribution in [3.8, 4) is 16.3 Å². The van der Waals surface area contributed by atoms with Crippen LogP contribution in [0.5, 0.6) is 0 Å². The molecule has 0 atom stereocenters. The number of rotatable bonds is 5. The predicted octanol–water partition coefficient (Wildman–Crippen LogP) is 2.90. The van der Waals surface area contributed by atoms with Crippen molar-refractivity contribution in [1.29, 1.82) is 0 Å². The molecule has 0 spiro atoms. The second-order valence-corrected chi connectivity index (χ2v) is 7.28. The molecule has 0 aliphatic carbocycles. The number of nitrogens with zero attached hydrogens (tertiary/aromatic N) is 2. The van der Waals surface area contributed by atoms with Gasteiger partial charge in [-0.3, -0.25) is 0 Å². The lowest BCUT2D eigenvalue weighted by Gasteiger charge is -2.02. The molecule has 2 heterocycles. The first kappa shape index (κ1) is 15.0. The fourth-order valence-electron chi connectivity index (χ4n) is 2.12. The zero-order chi connectivity index (χ0) is 15.6. The van der Waals surface area contributed by atoms with Gasteiger partial charge < -0.3 is 0 Å². The van der Waals surface area contributed by atoms with Gasteiger partial charge in [0.15, 0.2) is 0 Å². The second kappa shape index (κ2) is 6.04. The zero-order valence-corrected chi connectivity index (χ0v) is 13.6. The molecule has 0 unspecified atom stereocenters. The molecule has 1 aromatic carbocycles. The van der Waals surface area contributed by atoms with Crippen LogP contribution in [0.3, 0.4) is 0 Å². The van der Waals surface area contributed by atoms with Crippen LogP contribution in [0.4, 0.5) is 0 Å². The minimum atomic E-state index is -3.58. The number of aromatic nitrogens is 2. The first-order valence-corrected chi connectivity index (χ1v) is 9.16. The minimum Gasteiger partial charge on any atom is -0.239 e. The summed E-state index contributed by atoms with van der Waals surface area (Å²) in [6, 6.07) is 13.2. The summed E-state index contributed by atoms with van der Waals surface area (Å²) in [5, 5.41) is 6.38. The summed E-state index contributed by atoms with van der Waals surface area (Å²) >= 11 is 1.46. The number of benzene rings is 1. The topological polar surface area (TPSA) is 64.0 Å². The van der Waals surface area contributed by atoms with Crippen molar-refractivity contribution in [3.05, 3.63) is 54.0 Å². The van der Waals surface area contributed by atoms with Crippen LogP contribution in [0.15, 0.2) is 58.9 Å². The Kier molecular flexibility index (Phi) is 4.10. The Labute approximate surface area is 133 Å². The summed E-state index contributed by atoms with van der Waals surface area (Å²) in [6.45, 7) is 2.09. The fraction of sp³-hybridized carbons (Fsp3) is 0.133. The van der Waals surface area contributed by atoms with E-state index >= 15 is 0 Å². The van der Waals surface area contributed by atoms with Crippen molar-refractivity contribution in [2.45, 2.75) is 11.8 Å². The van der Waals surface area contributed by atoms with Crippen LogP contribution in [0.25, 0.3) is 16.3 Å². The van der Waals surface area contributed by atoms with Crippen molar-refractivity contribution in [2.24, 2.45) is 0 Å². The molecule has 0 fully saturated rings. The molecule has 2 aromatic heterocycles. The molecule has 0 bridgehead atoms. The Morgan fingerprint density at radius 2 is 1.95 bits per heavy atom. The second-order valence-electron chi connectivity index (χ2n) is 4.60. The fourth-order valence-corrected chi connectivity index (χ4v) is 4.09. The van der Waals surface area contributed by atoms with E-state index in [0.29, 0.717) is 12.2 Å². The third-order valence-electron chi connectivity index (χ3n) is 3.08. The van der Waals surface area contributed by atoms with Gasteiger partial charge in [-0.25, -0.2) is 17.8 Å². The van der Waals surface area contributed by atoms with E-state index in [-0.39, 0.29) is 4.90 Å². The molecule has 0 aliphatic rings. The maximum atomic E-state index is 12.4. The van der Waals surface area contributed by atoms with E-state index in [0.717, 1.165) is 10.6 Å². The highest BCUT2D eigenvalue weighted by Crippen LogP contribution is 2.30. The molecule has 3 aromatic rings. The van der Waals surface area contributed by atoms with Crippen LogP contribution in [0, 0.1) is 0 Å². The first-order chi connectivity index (χ1) is 10.6. The lowest BCUT2D eigenvalue weighted by atomic mass is 10.3. The maximum Gasteiger partial charge on any atom is 0.244 e. The zero-order valence-electron chi connectivity index (χ0n) is 11.9. The number of sulfonamides is 1. The molecular formula is C15H15N3O2S2. The molecule has 114 valence electrons. The average molecular weight is 333 g/mol. The van der Waals surface area contributed by atoms with Crippen molar-refractivity contribution in [3.63, 3.8) is 0 Å². The Morgan fingerprint density at radius 1 is 1.18 bits per heavy atom. The van der Waals surface area contributed by atoms with E-state index < -0.39 is 10.0 Å². The Hall–Kier alpha value is -1.96. The lowest BCUT2D eigenvalue weighted by Crippen LogP contribution is -2.23. The monoisotopic (exact) mass is 333 g/mol. The standard InChI is InChI=1S/C15H15N3O2S2/c1-2-16-22(19,20)14-11-18(12-7-4-3-5-8-12)17-15(14)13-9-6-10-21-13/h3-11,16H,2H2,1H3. The molecule has 3 rings (SSSR count). The number of nitrogens with one attached hydrogen (secondary N) is 1. The predicted molar refractivity (Wildman–Crippen MR) is 87.7 cm³/mol. The van der Waals surface area contributed by atoms with E-state index in [1.807, 2.05) is 47.8 Å². The number of para-hydroxylation sites is 1. The van der Waals surface area contributed by atoms with Crippen LogP contribution in [0.1, 0.15) is 6.92 Å². The summed E-state index contributed by atoms with van der Waals surface area (Å²) in [7, 11) is -3.58. The number of thiophene rings is 1. The van der Waals surface area contributed by atoms with Gasteiger partial charge >= 0.3 is 0 Å². The molecule has 22 heavy (non-hydrogen) atoms. The molecule has 5 nitrogen and oxygen atoms in total. The normalized spacial score (nSPS) is 11.7. The van der Waals surface area contributed by atoms with Gasteiger partial charge in [-0.1, -0.05) is 31.2 Å². The molecular weight excluding hydrogens is 318 g/mol. The van der Waals surface area contributed by atoms with Gasteiger partial charge in [0, 0.05) is 6.54 Å². The van der Waals surface area contributed by atoms with Crippen molar-refractivity contribution in [1.82, 2.24) is 14.5 Å². The van der Waals surface area contributed by atoms with Gasteiger partial charge in [0.2, 0.25) is 10.0 Å². The average Bonchev–Trinajstić information content (AvgIpc) is 3.17. The maximum absolute atomic E-state index is 12.4. The lowest BCUT2D eigenvalue weighted by molar-refractivity contribution is 0.584. The largest absolute Gasteiger partial charge is 0.244 e. The summed E-state index contributed by atoms with van der Waals surface area (Å²) in [5.74, 6) is 0. The Balaban J connectivity index is 2.18. The van der Waals surface area contributed by atoms with Gasteiger partial charge in [0.1, 0.15) is 10.6 Å². The molecule has 0 radical (unpaired) electrons. The van der Waals surface area contributed by atoms with E-state index in [4.69, 9.17) is 0 Å². The van der Waals surface area contributed by atoms with E-state index in [2.05, 4.69) is 9.82 Å². The van der Waals surface area contributed by atoms with Crippen LogP contribution in [-0.2, 0) is 10.0 Å². The quantitative estimate of drug-likeness (QED) is 0.781. The van der Waals surface area contributed by atoms with E-state index in [9.17, 15) is 8.42 Å². The van der Waals surface area contributed by atoms with E-state index in [1.54, 1.807) is 17.8 Å². The van der Waals surface area contributed by atoms with E-state index in [1.165, 1.54) is 11.3 Å². The first-order valence-electron chi connectivity index (χ1n) is 6.80. The summed E-state index contributed by atoms with van der Waals surface area (Å²) in [4.78, 5) is 1.02. The molecule has 0 aliphatic heterocycles.